The molecule has 120 valence electrons. The van der Waals surface area contributed by atoms with Gasteiger partial charge in [-0.1, -0.05) is 38.1 Å². The Hall–Kier alpha value is -2.57. The molecule has 0 fully saturated rings. The van der Waals surface area contributed by atoms with E-state index in [0.717, 1.165) is 11.1 Å². The molecule has 0 spiro atoms. The molecule has 0 heterocycles. The molecular formula is C15H22N4O3. The molecule has 1 aromatic carbocycles. The highest BCUT2D eigenvalue weighted by molar-refractivity contribution is 6.05. The van der Waals surface area contributed by atoms with Gasteiger partial charge < -0.3 is 22.1 Å². The lowest BCUT2D eigenvalue weighted by atomic mass is 9.93. The van der Waals surface area contributed by atoms with Gasteiger partial charge >= 0.3 is 6.03 Å². The Balaban J connectivity index is 2.88. The number of urea groups is 1. The first kappa shape index (κ1) is 17.5. The minimum Gasteiger partial charge on any atom is -0.367 e. The molecule has 0 aliphatic heterocycles. The molecule has 6 N–H and O–H groups in total. The molecule has 0 saturated carbocycles. The zero-order valence-electron chi connectivity index (χ0n) is 12.9. The molecule has 4 amide bonds. The monoisotopic (exact) mass is 306 g/mol. The van der Waals surface area contributed by atoms with Gasteiger partial charge in [-0.3, -0.25) is 9.59 Å². The van der Waals surface area contributed by atoms with Crippen molar-refractivity contribution in [3.8, 4) is 0 Å². The second-order valence-electron chi connectivity index (χ2n) is 5.43. The number of hydrogen-bond acceptors (Lipinski definition) is 3. The van der Waals surface area contributed by atoms with Crippen LogP contribution >= 0.6 is 0 Å². The fourth-order valence-electron chi connectivity index (χ4n) is 2.14. The first-order chi connectivity index (χ1) is 10.2. The third kappa shape index (κ3) is 4.47. The summed E-state index contributed by atoms with van der Waals surface area (Å²) >= 11 is 0. The van der Waals surface area contributed by atoms with E-state index >= 15 is 0 Å². The molecule has 1 unspecified atom stereocenters. The Labute approximate surface area is 129 Å². The molecule has 0 aliphatic rings. The van der Waals surface area contributed by atoms with E-state index in [1.807, 2.05) is 45.0 Å². The lowest BCUT2D eigenvalue weighted by molar-refractivity contribution is -0.128. The molecule has 0 aliphatic carbocycles. The Morgan fingerprint density at radius 1 is 1.00 bits per heavy atom. The van der Waals surface area contributed by atoms with Gasteiger partial charge in [0.05, 0.1) is 6.04 Å². The fraction of sp³-hybridized carbons (Fsp3) is 0.400. The van der Waals surface area contributed by atoms with Crippen LogP contribution in [0, 0.1) is 12.8 Å². The van der Waals surface area contributed by atoms with Gasteiger partial charge in [0.1, 0.15) is 0 Å². The first-order valence-corrected chi connectivity index (χ1v) is 6.95. The van der Waals surface area contributed by atoms with Crippen molar-refractivity contribution in [1.82, 2.24) is 10.6 Å². The zero-order chi connectivity index (χ0) is 16.9. The normalized spacial score (nSPS) is 12.0. The lowest BCUT2D eigenvalue weighted by Crippen LogP contribution is -2.55. The van der Waals surface area contributed by atoms with Crippen molar-refractivity contribution in [3.63, 3.8) is 0 Å². The fourth-order valence-corrected chi connectivity index (χ4v) is 2.14. The van der Waals surface area contributed by atoms with Crippen LogP contribution in [0.4, 0.5) is 4.79 Å². The summed E-state index contributed by atoms with van der Waals surface area (Å²) in [6.07, 6.45) is 0. The van der Waals surface area contributed by atoms with Crippen molar-refractivity contribution >= 4 is 17.8 Å². The third-order valence-corrected chi connectivity index (χ3v) is 3.32. The molecule has 0 radical (unpaired) electrons. The second-order valence-corrected chi connectivity index (χ2v) is 5.43. The minimum absolute atomic E-state index is 0.104. The van der Waals surface area contributed by atoms with E-state index in [2.05, 4.69) is 10.6 Å². The Morgan fingerprint density at radius 2 is 1.55 bits per heavy atom. The number of benzene rings is 1. The van der Waals surface area contributed by atoms with Gasteiger partial charge in [-0.05, 0) is 24.0 Å². The van der Waals surface area contributed by atoms with E-state index < -0.39 is 23.9 Å². The maximum Gasteiger partial charge on any atom is 0.316 e. The number of primary amides is 2. The molecule has 0 bridgehead atoms. The summed E-state index contributed by atoms with van der Waals surface area (Å²) in [7, 11) is 0. The predicted molar refractivity (Wildman–Crippen MR) is 82.6 cm³/mol. The van der Waals surface area contributed by atoms with Crippen LogP contribution in [0.25, 0.3) is 0 Å². The predicted octanol–water partition coefficient (Wildman–Crippen LogP) is 0.331. The molecule has 0 aromatic heterocycles. The van der Waals surface area contributed by atoms with Gasteiger partial charge in [-0.2, -0.15) is 0 Å². The number of carbonyl (C=O) groups is 3. The van der Waals surface area contributed by atoms with Gasteiger partial charge in [-0.25, -0.2) is 4.79 Å². The smallest absolute Gasteiger partial charge is 0.316 e. The lowest BCUT2D eigenvalue weighted by Gasteiger charge is -2.25. The summed E-state index contributed by atoms with van der Waals surface area (Å²) in [5.74, 6) is -1.90. The van der Waals surface area contributed by atoms with Crippen molar-refractivity contribution in [2.75, 3.05) is 0 Å². The van der Waals surface area contributed by atoms with E-state index in [1.165, 1.54) is 0 Å². The Bertz CT molecular complexity index is 558. The van der Waals surface area contributed by atoms with Crippen molar-refractivity contribution < 1.29 is 14.4 Å². The largest absolute Gasteiger partial charge is 0.367 e. The molecule has 22 heavy (non-hydrogen) atoms. The van der Waals surface area contributed by atoms with Crippen molar-refractivity contribution in [2.24, 2.45) is 17.4 Å². The minimum atomic E-state index is -1.54. The van der Waals surface area contributed by atoms with E-state index in [4.69, 9.17) is 11.5 Å². The molecule has 1 rings (SSSR count). The van der Waals surface area contributed by atoms with Gasteiger partial charge in [-0.15, -0.1) is 0 Å². The zero-order valence-corrected chi connectivity index (χ0v) is 12.9. The molecule has 1 aromatic rings. The van der Waals surface area contributed by atoms with E-state index in [0.29, 0.717) is 0 Å². The highest BCUT2D eigenvalue weighted by atomic mass is 16.2. The van der Waals surface area contributed by atoms with Gasteiger partial charge in [0.25, 0.3) is 0 Å². The quantitative estimate of drug-likeness (QED) is 0.565. The molecule has 7 heteroatoms. The maximum atomic E-state index is 12.0. The number of aryl methyl sites for hydroxylation is 1. The van der Waals surface area contributed by atoms with Crippen LogP contribution in [-0.2, 0) is 9.59 Å². The van der Waals surface area contributed by atoms with Crippen LogP contribution in [0.2, 0.25) is 0 Å². The van der Waals surface area contributed by atoms with E-state index in [-0.39, 0.29) is 12.0 Å². The van der Waals surface area contributed by atoms with Crippen LogP contribution in [0.1, 0.15) is 31.0 Å². The van der Waals surface area contributed by atoms with Crippen LogP contribution in [0.3, 0.4) is 0 Å². The highest BCUT2D eigenvalue weighted by Crippen LogP contribution is 2.24. The summed E-state index contributed by atoms with van der Waals surface area (Å²) in [6, 6.07) is 5.16. The second kappa shape index (κ2) is 7.44. The summed E-state index contributed by atoms with van der Waals surface area (Å²) in [4.78, 5) is 34.2. The number of carbonyl (C=O) groups excluding carboxylic acids is 3. The number of rotatable bonds is 6. The summed E-state index contributed by atoms with van der Waals surface area (Å²) in [5, 5.41) is 4.94. The van der Waals surface area contributed by atoms with Crippen LogP contribution in [0.15, 0.2) is 24.3 Å². The molecule has 0 saturated heterocycles. The summed E-state index contributed by atoms with van der Waals surface area (Å²) in [5.41, 5.74) is 12.0. The van der Waals surface area contributed by atoms with Crippen molar-refractivity contribution in [2.45, 2.75) is 32.9 Å². The Kier molecular flexibility index (Phi) is 5.91. The molecular weight excluding hydrogens is 284 g/mol. The van der Waals surface area contributed by atoms with Crippen molar-refractivity contribution in [1.29, 1.82) is 0 Å². The average molecular weight is 306 g/mol. The van der Waals surface area contributed by atoms with Crippen LogP contribution in [0.5, 0.6) is 0 Å². The topological polar surface area (TPSA) is 127 Å². The standard InChI is InChI=1S/C15H22N4O3/c1-8(2)11(10-7-5-4-6-9(10)3)18-15(22)19-12(13(16)20)14(17)21/h4-8,11-12H,1-3H3,(H2,16,20)(H2,17,21)(H2,18,19,22). The van der Waals surface area contributed by atoms with Gasteiger partial charge in [0.15, 0.2) is 6.04 Å². The van der Waals surface area contributed by atoms with Crippen LogP contribution < -0.4 is 22.1 Å². The van der Waals surface area contributed by atoms with Gasteiger partial charge in [0.2, 0.25) is 11.8 Å². The van der Waals surface area contributed by atoms with Crippen LogP contribution in [-0.4, -0.2) is 23.9 Å². The number of nitrogens with two attached hydrogens (primary N) is 2. The molecule has 1 atom stereocenters. The van der Waals surface area contributed by atoms with E-state index in [9.17, 15) is 14.4 Å². The first-order valence-electron chi connectivity index (χ1n) is 6.95. The number of hydrogen-bond donors (Lipinski definition) is 4. The van der Waals surface area contributed by atoms with E-state index in [1.54, 1.807) is 0 Å². The average Bonchev–Trinajstić information content (AvgIpc) is 2.42. The van der Waals surface area contributed by atoms with Crippen molar-refractivity contribution in [3.05, 3.63) is 35.4 Å². The number of amides is 4. The van der Waals surface area contributed by atoms with Gasteiger partial charge in [0, 0.05) is 0 Å². The summed E-state index contributed by atoms with van der Waals surface area (Å²) in [6.45, 7) is 5.86. The molecule has 7 nitrogen and oxygen atoms in total. The summed E-state index contributed by atoms with van der Waals surface area (Å²) < 4.78 is 0. The Morgan fingerprint density at radius 3 is 2.00 bits per heavy atom. The number of nitrogens with one attached hydrogen (secondary N) is 2. The maximum absolute atomic E-state index is 12.0. The third-order valence-electron chi connectivity index (χ3n) is 3.32. The highest BCUT2D eigenvalue weighted by Gasteiger charge is 2.26. The SMILES string of the molecule is Cc1ccccc1C(NC(=O)NC(C(N)=O)C(N)=O)C(C)C.